The topological polar surface area (TPSA) is 78.4 Å². The van der Waals surface area contributed by atoms with Gasteiger partial charge in [-0.05, 0) is 13.0 Å². The Morgan fingerprint density at radius 3 is 2.68 bits per heavy atom. The Morgan fingerprint density at radius 1 is 1.42 bits per heavy atom. The van der Waals surface area contributed by atoms with Gasteiger partial charge in [0.25, 0.3) is 0 Å². The van der Waals surface area contributed by atoms with Crippen molar-refractivity contribution in [3.05, 3.63) is 34.9 Å². The number of rotatable bonds is 4. The summed E-state index contributed by atoms with van der Waals surface area (Å²) in [6.07, 6.45) is 0. The van der Waals surface area contributed by atoms with Gasteiger partial charge in [-0.25, -0.2) is 9.59 Å². The molecule has 0 heterocycles. The van der Waals surface area contributed by atoms with Crippen LogP contribution in [0.5, 0.6) is 0 Å². The van der Waals surface area contributed by atoms with E-state index in [4.69, 9.17) is 16.7 Å². The monoisotopic (exact) mass is 280 g/mol. The molecule has 0 unspecified atom stereocenters. The van der Waals surface area contributed by atoms with E-state index in [1.54, 1.807) is 31.2 Å². The lowest BCUT2D eigenvalue weighted by Gasteiger charge is -2.16. The standard InChI is InChI=1S/C13H13ClN2O3/c1-2-3-8-15-13(19)16-11(12(17)18)9-6-4-5-7-10(9)14/h4-7,11H,8H2,1H3,(H,17,18)(H2,15,16,19)/t11-/m1/s1. The molecule has 0 aliphatic rings. The van der Waals surface area contributed by atoms with Crippen LogP contribution in [0.1, 0.15) is 18.5 Å². The Hall–Kier alpha value is -2.19. The lowest BCUT2D eigenvalue weighted by molar-refractivity contribution is -0.139. The highest BCUT2D eigenvalue weighted by atomic mass is 35.5. The lowest BCUT2D eigenvalue weighted by Crippen LogP contribution is -2.41. The third-order valence-electron chi connectivity index (χ3n) is 2.25. The van der Waals surface area contributed by atoms with Gasteiger partial charge in [0.2, 0.25) is 0 Å². The largest absolute Gasteiger partial charge is 0.479 e. The minimum absolute atomic E-state index is 0.150. The molecule has 0 radical (unpaired) electrons. The van der Waals surface area contributed by atoms with E-state index in [1.165, 1.54) is 0 Å². The van der Waals surface area contributed by atoms with Gasteiger partial charge < -0.3 is 15.7 Å². The van der Waals surface area contributed by atoms with E-state index in [1.807, 2.05) is 0 Å². The fourth-order valence-corrected chi connectivity index (χ4v) is 1.62. The van der Waals surface area contributed by atoms with Crippen molar-refractivity contribution >= 4 is 23.6 Å². The van der Waals surface area contributed by atoms with Crippen molar-refractivity contribution in [2.45, 2.75) is 13.0 Å². The lowest BCUT2D eigenvalue weighted by atomic mass is 10.1. The number of nitrogens with one attached hydrogen (secondary N) is 2. The zero-order chi connectivity index (χ0) is 14.3. The smallest absolute Gasteiger partial charge is 0.331 e. The molecular weight excluding hydrogens is 268 g/mol. The number of hydrogen-bond acceptors (Lipinski definition) is 2. The van der Waals surface area contributed by atoms with Crippen molar-refractivity contribution in [3.63, 3.8) is 0 Å². The fourth-order valence-electron chi connectivity index (χ4n) is 1.38. The SMILES string of the molecule is CC#CCNC(=O)N[C@@H](C(=O)O)c1ccccc1Cl. The number of carboxylic acids is 1. The molecule has 5 nitrogen and oxygen atoms in total. The molecule has 0 fully saturated rings. The number of urea groups is 1. The summed E-state index contributed by atoms with van der Waals surface area (Å²) in [5, 5.41) is 14.2. The van der Waals surface area contributed by atoms with Crippen molar-refractivity contribution in [2.75, 3.05) is 6.54 Å². The van der Waals surface area contributed by atoms with E-state index in [0.29, 0.717) is 5.56 Å². The van der Waals surface area contributed by atoms with Crippen molar-refractivity contribution in [3.8, 4) is 11.8 Å². The maximum Gasteiger partial charge on any atom is 0.331 e. The van der Waals surface area contributed by atoms with Gasteiger partial charge in [-0.1, -0.05) is 35.7 Å². The molecule has 0 spiro atoms. The zero-order valence-electron chi connectivity index (χ0n) is 10.2. The molecule has 0 saturated carbocycles. The summed E-state index contributed by atoms with van der Waals surface area (Å²) in [4.78, 5) is 22.7. The van der Waals surface area contributed by atoms with E-state index < -0.39 is 18.0 Å². The van der Waals surface area contributed by atoms with Gasteiger partial charge in [-0.2, -0.15) is 0 Å². The highest BCUT2D eigenvalue weighted by Gasteiger charge is 2.23. The van der Waals surface area contributed by atoms with Crippen LogP contribution >= 0.6 is 11.6 Å². The van der Waals surface area contributed by atoms with Gasteiger partial charge in [0, 0.05) is 10.6 Å². The normalized spacial score (nSPS) is 10.8. The predicted molar refractivity (Wildman–Crippen MR) is 71.8 cm³/mol. The molecule has 6 heteroatoms. The van der Waals surface area contributed by atoms with Crippen LogP contribution in [0.25, 0.3) is 0 Å². The summed E-state index contributed by atoms with van der Waals surface area (Å²) in [7, 11) is 0. The average molecular weight is 281 g/mol. The molecule has 1 atom stereocenters. The van der Waals surface area contributed by atoms with Crippen LogP contribution in [0.3, 0.4) is 0 Å². The average Bonchev–Trinajstić information content (AvgIpc) is 2.37. The minimum atomic E-state index is -1.21. The first kappa shape index (κ1) is 14.9. The number of hydrogen-bond donors (Lipinski definition) is 3. The second-order valence-corrected chi connectivity index (χ2v) is 3.95. The van der Waals surface area contributed by atoms with Crippen LogP contribution in [0.4, 0.5) is 4.79 Å². The summed E-state index contributed by atoms with van der Waals surface area (Å²) in [6.45, 7) is 1.79. The first-order valence-corrected chi connectivity index (χ1v) is 5.85. The first-order valence-electron chi connectivity index (χ1n) is 5.47. The maximum atomic E-state index is 11.5. The maximum absolute atomic E-state index is 11.5. The molecule has 0 saturated heterocycles. The summed E-state index contributed by atoms with van der Waals surface area (Å²) in [5.74, 6) is 4.06. The highest BCUT2D eigenvalue weighted by Crippen LogP contribution is 2.22. The van der Waals surface area contributed by atoms with E-state index >= 15 is 0 Å². The van der Waals surface area contributed by atoms with E-state index in [0.717, 1.165) is 0 Å². The molecule has 1 aromatic rings. The predicted octanol–water partition coefficient (Wildman–Crippen LogP) is 1.79. The minimum Gasteiger partial charge on any atom is -0.479 e. The molecule has 1 aromatic carbocycles. The highest BCUT2D eigenvalue weighted by molar-refractivity contribution is 6.31. The van der Waals surface area contributed by atoms with Crippen LogP contribution in [0.2, 0.25) is 5.02 Å². The summed E-state index contributed by atoms with van der Waals surface area (Å²) in [5.41, 5.74) is 0.327. The molecule has 0 aliphatic heterocycles. The number of halogens is 1. The number of aliphatic carboxylic acids is 1. The van der Waals surface area contributed by atoms with Crippen molar-refractivity contribution in [1.29, 1.82) is 0 Å². The van der Waals surface area contributed by atoms with E-state index in [-0.39, 0.29) is 11.6 Å². The molecule has 2 amide bonds. The summed E-state index contributed by atoms with van der Waals surface area (Å²) in [6, 6.07) is 4.63. The Kier molecular flexibility index (Phi) is 5.71. The molecule has 0 bridgehead atoms. The number of carbonyl (C=O) groups is 2. The van der Waals surface area contributed by atoms with Crippen LogP contribution < -0.4 is 10.6 Å². The Labute approximate surface area is 116 Å². The van der Waals surface area contributed by atoms with Gasteiger partial charge in [0.05, 0.1) is 6.54 Å². The number of benzene rings is 1. The molecule has 19 heavy (non-hydrogen) atoms. The van der Waals surface area contributed by atoms with E-state index in [9.17, 15) is 9.59 Å². The summed E-state index contributed by atoms with van der Waals surface area (Å²) >= 11 is 5.92. The van der Waals surface area contributed by atoms with Gasteiger partial charge in [-0.15, -0.1) is 5.92 Å². The molecule has 100 valence electrons. The molecule has 0 aromatic heterocycles. The fraction of sp³-hybridized carbons (Fsp3) is 0.231. The van der Waals surface area contributed by atoms with Gasteiger partial charge >= 0.3 is 12.0 Å². The van der Waals surface area contributed by atoms with Crippen LogP contribution in [-0.4, -0.2) is 23.7 Å². The molecule has 0 aliphatic carbocycles. The summed E-state index contributed by atoms with van der Waals surface area (Å²) < 4.78 is 0. The Balaban J connectivity index is 2.79. The van der Waals surface area contributed by atoms with Gasteiger partial charge in [0.1, 0.15) is 0 Å². The third kappa shape index (κ3) is 4.53. The van der Waals surface area contributed by atoms with Crippen LogP contribution in [0, 0.1) is 11.8 Å². The van der Waals surface area contributed by atoms with Crippen LogP contribution in [-0.2, 0) is 4.79 Å². The third-order valence-corrected chi connectivity index (χ3v) is 2.60. The molecule has 3 N–H and O–H groups in total. The van der Waals surface area contributed by atoms with Gasteiger partial charge in [-0.3, -0.25) is 0 Å². The Bertz CT molecular complexity index is 534. The zero-order valence-corrected chi connectivity index (χ0v) is 11.0. The second-order valence-electron chi connectivity index (χ2n) is 3.55. The van der Waals surface area contributed by atoms with Crippen molar-refractivity contribution in [1.82, 2.24) is 10.6 Å². The quantitative estimate of drug-likeness (QED) is 0.736. The number of carbonyl (C=O) groups excluding carboxylic acids is 1. The second kappa shape index (κ2) is 7.29. The Morgan fingerprint density at radius 2 is 2.11 bits per heavy atom. The van der Waals surface area contributed by atoms with Gasteiger partial charge in [0.15, 0.2) is 6.04 Å². The van der Waals surface area contributed by atoms with Crippen molar-refractivity contribution in [2.24, 2.45) is 0 Å². The van der Waals surface area contributed by atoms with Crippen molar-refractivity contribution < 1.29 is 14.7 Å². The number of amides is 2. The first-order chi connectivity index (χ1) is 9.06. The number of carboxylic acid groups (broad SMARTS) is 1. The molecular formula is C13H13ClN2O3. The van der Waals surface area contributed by atoms with Crippen LogP contribution in [0.15, 0.2) is 24.3 Å². The molecule has 1 rings (SSSR count). The van der Waals surface area contributed by atoms with E-state index in [2.05, 4.69) is 22.5 Å².